The molecule has 4 nitrogen and oxygen atoms in total. The number of aromatic nitrogens is 3. The van der Waals surface area contributed by atoms with Crippen LogP contribution in [-0.2, 0) is 7.05 Å². The summed E-state index contributed by atoms with van der Waals surface area (Å²) >= 11 is 0. The standard InChI is InChI=1S/C13H18N4/c1-9-16-12-7-10(8-15-13(12)17(9)2)11-5-3-4-6-14-11/h7-8,11,14H,3-6H2,1-2H3. The van der Waals surface area contributed by atoms with Gasteiger partial charge in [0, 0.05) is 19.3 Å². The van der Waals surface area contributed by atoms with Gasteiger partial charge in [0.25, 0.3) is 0 Å². The Balaban J connectivity index is 2.01. The van der Waals surface area contributed by atoms with Gasteiger partial charge >= 0.3 is 0 Å². The highest BCUT2D eigenvalue weighted by Crippen LogP contribution is 2.24. The molecule has 2 aromatic heterocycles. The van der Waals surface area contributed by atoms with Crippen molar-refractivity contribution in [3.8, 4) is 0 Å². The lowest BCUT2D eigenvalue weighted by molar-refractivity contribution is 0.412. The fourth-order valence-corrected chi connectivity index (χ4v) is 2.53. The smallest absolute Gasteiger partial charge is 0.159 e. The average molecular weight is 230 g/mol. The van der Waals surface area contributed by atoms with Crippen molar-refractivity contribution in [1.29, 1.82) is 0 Å². The van der Waals surface area contributed by atoms with E-state index in [4.69, 9.17) is 0 Å². The molecule has 1 saturated heterocycles. The Morgan fingerprint density at radius 1 is 1.41 bits per heavy atom. The molecule has 3 rings (SSSR count). The van der Waals surface area contributed by atoms with Crippen LogP contribution in [0.5, 0.6) is 0 Å². The van der Waals surface area contributed by atoms with E-state index in [1.807, 2.05) is 24.7 Å². The van der Waals surface area contributed by atoms with Gasteiger partial charge < -0.3 is 9.88 Å². The number of hydrogen-bond acceptors (Lipinski definition) is 3. The molecule has 90 valence electrons. The molecule has 0 bridgehead atoms. The third-order valence-electron chi connectivity index (χ3n) is 3.67. The number of nitrogens with zero attached hydrogens (tertiary/aromatic N) is 3. The van der Waals surface area contributed by atoms with Crippen LogP contribution in [0.15, 0.2) is 12.3 Å². The van der Waals surface area contributed by atoms with E-state index >= 15 is 0 Å². The van der Waals surface area contributed by atoms with Crippen molar-refractivity contribution in [1.82, 2.24) is 19.9 Å². The molecule has 0 radical (unpaired) electrons. The molecule has 1 fully saturated rings. The summed E-state index contributed by atoms with van der Waals surface area (Å²) in [5.74, 6) is 1.02. The maximum atomic E-state index is 4.54. The van der Waals surface area contributed by atoms with Crippen LogP contribution >= 0.6 is 0 Å². The second-order valence-electron chi connectivity index (χ2n) is 4.83. The van der Waals surface area contributed by atoms with Gasteiger partial charge in [-0.2, -0.15) is 0 Å². The summed E-state index contributed by atoms with van der Waals surface area (Å²) in [6.45, 7) is 3.13. The van der Waals surface area contributed by atoms with Gasteiger partial charge in [-0.1, -0.05) is 6.42 Å². The zero-order valence-corrected chi connectivity index (χ0v) is 10.4. The Labute approximate surface area is 101 Å². The molecule has 0 amide bonds. The van der Waals surface area contributed by atoms with Gasteiger partial charge in [-0.05, 0) is 37.9 Å². The van der Waals surface area contributed by atoms with Gasteiger partial charge in [0.2, 0.25) is 0 Å². The minimum Gasteiger partial charge on any atom is -0.316 e. The van der Waals surface area contributed by atoms with Crippen LogP contribution in [0, 0.1) is 6.92 Å². The minimum absolute atomic E-state index is 0.461. The van der Waals surface area contributed by atoms with E-state index in [1.54, 1.807) is 0 Å². The molecule has 1 aliphatic rings. The maximum absolute atomic E-state index is 4.54. The van der Waals surface area contributed by atoms with Crippen LogP contribution in [0.4, 0.5) is 0 Å². The summed E-state index contributed by atoms with van der Waals surface area (Å²) < 4.78 is 2.04. The van der Waals surface area contributed by atoms with E-state index in [2.05, 4.69) is 21.4 Å². The summed E-state index contributed by atoms with van der Waals surface area (Å²) in [4.78, 5) is 9.08. The molecular formula is C13H18N4. The van der Waals surface area contributed by atoms with Gasteiger partial charge in [-0.25, -0.2) is 9.97 Å². The molecule has 1 unspecified atom stereocenters. The molecule has 2 aromatic rings. The highest BCUT2D eigenvalue weighted by Gasteiger charge is 2.16. The van der Waals surface area contributed by atoms with Crippen molar-refractivity contribution >= 4 is 11.2 Å². The van der Waals surface area contributed by atoms with Crippen molar-refractivity contribution in [2.75, 3.05) is 6.54 Å². The van der Waals surface area contributed by atoms with Crippen LogP contribution in [-0.4, -0.2) is 21.1 Å². The van der Waals surface area contributed by atoms with Gasteiger partial charge in [0.05, 0.1) is 0 Å². The number of hydrogen-bond donors (Lipinski definition) is 1. The predicted molar refractivity (Wildman–Crippen MR) is 67.8 cm³/mol. The Hall–Kier alpha value is -1.42. The Bertz CT molecular complexity index is 538. The molecular weight excluding hydrogens is 212 g/mol. The molecule has 3 heterocycles. The Kier molecular flexibility index (Phi) is 2.59. The van der Waals surface area contributed by atoms with E-state index in [9.17, 15) is 0 Å². The van der Waals surface area contributed by atoms with Gasteiger partial charge in [0.15, 0.2) is 5.65 Å². The fraction of sp³-hybridized carbons (Fsp3) is 0.538. The lowest BCUT2D eigenvalue weighted by Gasteiger charge is -2.23. The van der Waals surface area contributed by atoms with E-state index in [1.165, 1.54) is 24.8 Å². The number of aryl methyl sites for hydroxylation is 2. The number of imidazole rings is 1. The maximum Gasteiger partial charge on any atom is 0.159 e. The average Bonchev–Trinajstić information content (AvgIpc) is 2.66. The molecule has 17 heavy (non-hydrogen) atoms. The summed E-state index contributed by atoms with van der Waals surface area (Å²) in [6, 6.07) is 2.64. The molecule has 1 atom stereocenters. The van der Waals surface area contributed by atoms with Crippen molar-refractivity contribution in [3.05, 3.63) is 23.7 Å². The molecule has 1 aliphatic heterocycles. The quantitative estimate of drug-likeness (QED) is 0.815. The van der Waals surface area contributed by atoms with Crippen molar-refractivity contribution < 1.29 is 0 Å². The molecule has 4 heteroatoms. The first-order valence-corrected chi connectivity index (χ1v) is 6.28. The first-order chi connectivity index (χ1) is 8.25. The number of pyridine rings is 1. The van der Waals surface area contributed by atoms with Crippen LogP contribution in [0.3, 0.4) is 0 Å². The number of rotatable bonds is 1. The molecule has 0 spiro atoms. The monoisotopic (exact) mass is 230 g/mol. The fourth-order valence-electron chi connectivity index (χ4n) is 2.53. The predicted octanol–water partition coefficient (Wildman–Crippen LogP) is 2.09. The number of nitrogens with one attached hydrogen (secondary N) is 1. The topological polar surface area (TPSA) is 42.7 Å². The van der Waals surface area contributed by atoms with Crippen molar-refractivity contribution in [2.24, 2.45) is 7.05 Å². The van der Waals surface area contributed by atoms with Crippen LogP contribution in [0.1, 0.15) is 36.7 Å². The third-order valence-corrected chi connectivity index (χ3v) is 3.67. The molecule has 0 aromatic carbocycles. The lowest BCUT2D eigenvalue weighted by Crippen LogP contribution is -2.26. The number of piperidine rings is 1. The zero-order valence-electron chi connectivity index (χ0n) is 10.4. The summed E-state index contributed by atoms with van der Waals surface area (Å²) in [7, 11) is 2.01. The molecule has 0 aliphatic carbocycles. The van der Waals surface area contributed by atoms with E-state index in [-0.39, 0.29) is 0 Å². The van der Waals surface area contributed by atoms with E-state index in [0.29, 0.717) is 6.04 Å². The van der Waals surface area contributed by atoms with Crippen molar-refractivity contribution in [3.63, 3.8) is 0 Å². The third kappa shape index (κ3) is 1.82. The molecule has 1 N–H and O–H groups in total. The normalized spacial score (nSPS) is 20.9. The summed E-state index contributed by atoms with van der Waals surface area (Å²) in [5.41, 5.74) is 3.26. The highest BCUT2D eigenvalue weighted by atomic mass is 15.1. The van der Waals surface area contributed by atoms with Crippen molar-refractivity contribution in [2.45, 2.75) is 32.2 Å². The van der Waals surface area contributed by atoms with Crippen LogP contribution in [0.2, 0.25) is 0 Å². The first kappa shape index (κ1) is 10.7. The highest BCUT2D eigenvalue weighted by molar-refractivity contribution is 5.72. The summed E-state index contributed by atoms with van der Waals surface area (Å²) in [6.07, 6.45) is 5.79. The lowest BCUT2D eigenvalue weighted by atomic mass is 9.99. The minimum atomic E-state index is 0.461. The molecule has 0 saturated carbocycles. The largest absolute Gasteiger partial charge is 0.316 e. The second kappa shape index (κ2) is 4.11. The van der Waals surface area contributed by atoms with Crippen LogP contribution < -0.4 is 5.32 Å². The SMILES string of the molecule is Cc1nc2cc(C3CCCCN3)cnc2n1C. The summed E-state index contributed by atoms with van der Waals surface area (Å²) in [5, 5.41) is 3.55. The van der Waals surface area contributed by atoms with Crippen LogP contribution in [0.25, 0.3) is 11.2 Å². The first-order valence-electron chi connectivity index (χ1n) is 6.28. The Morgan fingerprint density at radius 3 is 3.06 bits per heavy atom. The Morgan fingerprint density at radius 2 is 2.29 bits per heavy atom. The van der Waals surface area contributed by atoms with Gasteiger partial charge in [0.1, 0.15) is 11.3 Å². The van der Waals surface area contributed by atoms with E-state index < -0.39 is 0 Å². The zero-order chi connectivity index (χ0) is 11.8. The van der Waals surface area contributed by atoms with E-state index in [0.717, 1.165) is 23.5 Å². The van der Waals surface area contributed by atoms with Gasteiger partial charge in [-0.15, -0.1) is 0 Å². The number of fused-ring (bicyclic) bond motifs is 1. The van der Waals surface area contributed by atoms with Gasteiger partial charge in [-0.3, -0.25) is 0 Å². The second-order valence-corrected chi connectivity index (χ2v) is 4.83.